The second-order valence-electron chi connectivity index (χ2n) is 3.97. The van der Waals surface area contributed by atoms with Gasteiger partial charge in [-0.2, -0.15) is 11.3 Å². The van der Waals surface area contributed by atoms with Crippen LogP contribution in [0.5, 0.6) is 0 Å². The highest BCUT2D eigenvalue weighted by Gasteiger charge is 2.18. The minimum Gasteiger partial charge on any atom is -0.287 e. The van der Waals surface area contributed by atoms with E-state index in [0.717, 1.165) is 15.4 Å². The third kappa shape index (κ3) is 2.38. The van der Waals surface area contributed by atoms with Crippen molar-refractivity contribution in [2.45, 2.75) is 0 Å². The number of hydrogen-bond donors (Lipinski definition) is 0. The highest BCUT2D eigenvalue weighted by molar-refractivity contribution is 9.11. The minimum atomic E-state index is -0.0780. The third-order valence-corrected chi connectivity index (χ3v) is 5.06. The molecule has 3 aromatic rings. The Bertz CT molecular complexity index is 782. The van der Waals surface area contributed by atoms with Gasteiger partial charge in [-0.05, 0) is 44.0 Å². The number of thiophene rings is 1. The summed E-state index contributed by atoms with van der Waals surface area (Å²) in [4.78, 5) is 16.9. The summed E-state index contributed by atoms with van der Waals surface area (Å²) in [6, 6.07) is 9.67. The van der Waals surface area contributed by atoms with Crippen LogP contribution in [0.2, 0.25) is 0 Å². The molecule has 3 rings (SSSR count). The van der Waals surface area contributed by atoms with Crippen LogP contribution in [-0.4, -0.2) is 10.8 Å². The Morgan fingerprint density at radius 2 is 1.89 bits per heavy atom. The van der Waals surface area contributed by atoms with E-state index in [1.54, 1.807) is 0 Å². The molecule has 0 amide bonds. The van der Waals surface area contributed by atoms with E-state index < -0.39 is 0 Å². The van der Waals surface area contributed by atoms with E-state index in [0.29, 0.717) is 15.7 Å². The van der Waals surface area contributed by atoms with Gasteiger partial charge in [0.1, 0.15) is 5.69 Å². The van der Waals surface area contributed by atoms with Gasteiger partial charge < -0.3 is 0 Å². The second kappa shape index (κ2) is 5.15. The molecule has 5 heteroatoms. The monoisotopic (exact) mass is 395 g/mol. The van der Waals surface area contributed by atoms with Crippen molar-refractivity contribution in [1.82, 2.24) is 4.98 Å². The van der Waals surface area contributed by atoms with Crippen molar-refractivity contribution < 1.29 is 4.79 Å². The average molecular weight is 397 g/mol. The molecule has 0 atom stereocenters. The molecule has 2 aromatic heterocycles. The molecule has 0 fully saturated rings. The van der Waals surface area contributed by atoms with Gasteiger partial charge >= 0.3 is 0 Å². The molecule has 0 spiro atoms. The number of fused-ring (bicyclic) bond motifs is 1. The lowest BCUT2D eigenvalue weighted by Gasteiger charge is -2.05. The first-order chi connectivity index (χ1) is 9.16. The number of para-hydroxylation sites is 1. The summed E-state index contributed by atoms with van der Waals surface area (Å²) in [6.07, 6.45) is 0. The van der Waals surface area contributed by atoms with Crippen molar-refractivity contribution in [3.63, 3.8) is 0 Å². The fourth-order valence-electron chi connectivity index (χ4n) is 1.82. The van der Waals surface area contributed by atoms with Crippen molar-refractivity contribution in [3.05, 3.63) is 61.3 Å². The lowest BCUT2D eigenvalue weighted by atomic mass is 10.1. The van der Waals surface area contributed by atoms with Crippen LogP contribution < -0.4 is 0 Å². The number of hydrogen-bond acceptors (Lipinski definition) is 3. The standard InChI is InChI=1S/C14H7Br2NOS/c15-10-5-8-3-1-2-4-12(8)17-13(10)14(18)9-6-19-7-11(9)16/h1-7H. The topological polar surface area (TPSA) is 30.0 Å². The van der Waals surface area contributed by atoms with Gasteiger partial charge in [-0.1, -0.05) is 18.2 Å². The number of rotatable bonds is 2. The van der Waals surface area contributed by atoms with Crippen molar-refractivity contribution in [1.29, 1.82) is 0 Å². The third-order valence-electron chi connectivity index (χ3n) is 2.75. The Morgan fingerprint density at radius 1 is 1.11 bits per heavy atom. The van der Waals surface area contributed by atoms with E-state index in [1.165, 1.54) is 11.3 Å². The van der Waals surface area contributed by atoms with E-state index >= 15 is 0 Å². The van der Waals surface area contributed by atoms with Crippen molar-refractivity contribution in [2.24, 2.45) is 0 Å². The van der Waals surface area contributed by atoms with E-state index in [-0.39, 0.29) is 5.78 Å². The molecule has 0 saturated heterocycles. The van der Waals surface area contributed by atoms with Crippen LogP contribution in [0.4, 0.5) is 0 Å². The average Bonchev–Trinajstić information content (AvgIpc) is 2.83. The normalized spacial score (nSPS) is 10.8. The Labute approximate surface area is 130 Å². The van der Waals surface area contributed by atoms with Crippen molar-refractivity contribution in [3.8, 4) is 0 Å². The van der Waals surface area contributed by atoms with Gasteiger partial charge in [-0.3, -0.25) is 4.79 Å². The molecule has 0 aliphatic carbocycles. The number of carbonyl (C=O) groups is 1. The van der Waals surface area contributed by atoms with Crippen LogP contribution in [0.1, 0.15) is 16.1 Å². The van der Waals surface area contributed by atoms with Gasteiger partial charge in [0.2, 0.25) is 5.78 Å². The first-order valence-corrected chi connectivity index (χ1v) is 8.01. The fraction of sp³-hybridized carbons (Fsp3) is 0. The first kappa shape index (κ1) is 13.0. The summed E-state index contributed by atoms with van der Waals surface area (Å²) in [5.74, 6) is -0.0780. The molecule has 2 nitrogen and oxygen atoms in total. The summed E-state index contributed by atoms with van der Waals surface area (Å²) in [6.45, 7) is 0. The largest absolute Gasteiger partial charge is 0.287 e. The molecule has 0 unspecified atom stereocenters. The fourth-order valence-corrected chi connectivity index (χ4v) is 3.79. The zero-order valence-electron chi connectivity index (χ0n) is 9.56. The lowest BCUT2D eigenvalue weighted by Crippen LogP contribution is -2.05. The Hall–Kier alpha value is -1.04. The number of halogens is 2. The molecule has 19 heavy (non-hydrogen) atoms. The lowest BCUT2D eigenvalue weighted by molar-refractivity contribution is 0.103. The first-order valence-electron chi connectivity index (χ1n) is 5.48. The van der Waals surface area contributed by atoms with Crippen LogP contribution >= 0.6 is 43.2 Å². The van der Waals surface area contributed by atoms with Crippen LogP contribution in [0.3, 0.4) is 0 Å². The van der Waals surface area contributed by atoms with E-state index in [4.69, 9.17) is 0 Å². The summed E-state index contributed by atoms with van der Waals surface area (Å²) in [5.41, 5.74) is 1.91. The summed E-state index contributed by atoms with van der Waals surface area (Å²) >= 11 is 8.31. The Kier molecular flexibility index (Phi) is 3.52. The summed E-state index contributed by atoms with van der Waals surface area (Å²) < 4.78 is 1.53. The molecular weight excluding hydrogens is 390 g/mol. The summed E-state index contributed by atoms with van der Waals surface area (Å²) in [5, 5.41) is 4.73. The highest BCUT2D eigenvalue weighted by atomic mass is 79.9. The molecule has 0 saturated carbocycles. The maximum Gasteiger partial charge on any atom is 0.214 e. The maximum absolute atomic E-state index is 12.5. The molecule has 94 valence electrons. The molecule has 0 bridgehead atoms. The number of benzene rings is 1. The second-order valence-corrected chi connectivity index (χ2v) is 6.43. The van der Waals surface area contributed by atoms with E-state index in [2.05, 4.69) is 36.8 Å². The van der Waals surface area contributed by atoms with Crippen LogP contribution in [-0.2, 0) is 0 Å². The van der Waals surface area contributed by atoms with Gasteiger partial charge in [0.25, 0.3) is 0 Å². The van der Waals surface area contributed by atoms with Crippen LogP contribution in [0.25, 0.3) is 10.9 Å². The molecule has 2 heterocycles. The molecular formula is C14H7Br2NOS. The molecule has 0 aliphatic heterocycles. The Morgan fingerprint density at radius 3 is 2.63 bits per heavy atom. The predicted molar refractivity (Wildman–Crippen MR) is 84.9 cm³/mol. The number of ketones is 1. The SMILES string of the molecule is O=C(c1cscc1Br)c1nc2ccccc2cc1Br. The van der Waals surface area contributed by atoms with Gasteiger partial charge in [0.15, 0.2) is 0 Å². The van der Waals surface area contributed by atoms with Crippen molar-refractivity contribution in [2.75, 3.05) is 0 Å². The quantitative estimate of drug-likeness (QED) is 0.567. The zero-order chi connectivity index (χ0) is 13.4. The van der Waals surface area contributed by atoms with Gasteiger partial charge in [-0.15, -0.1) is 0 Å². The number of nitrogens with zero attached hydrogens (tertiary/aromatic N) is 1. The van der Waals surface area contributed by atoms with Crippen molar-refractivity contribution >= 4 is 59.9 Å². The number of carbonyl (C=O) groups excluding carboxylic acids is 1. The van der Waals surface area contributed by atoms with Gasteiger partial charge in [0, 0.05) is 30.7 Å². The smallest absolute Gasteiger partial charge is 0.214 e. The van der Waals surface area contributed by atoms with Crippen LogP contribution in [0.15, 0.2) is 50.0 Å². The minimum absolute atomic E-state index is 0.0780. The van der Waals surface area contributed by atoms with E-state index in [9.17, 15) is 4.79 Å². The van der Waals surface area contributed by atoms with Crippen LogP contribution in [0, 0.1) is 0 Å². The predicted octanol–water partition coefficient (Wildman–Crippen LogP) is 5.05. The Balaban J connectivity index is 2.17. The number of aromatic nitrogens is 1. The molecule has 0 N–H and O–H groups in total. The summed E-state index contributed by atoms with van der Waals surface area (Å²) in [7, 11) is 0. The molecule has 1 aromatic carbocycles. The van der Waals surface area contributed by atoms with Gasteiger partial charge in [0.05, 0.1) is 5.52 Å². The number of pyridine rings is 1. The van der Waals surface area contributed by atoms with E-state index in [1.807, 2.05) is 41.1 Å². The maximum atomic E-state index is 12.5. The molecule has 0 aliphatic rings. The zero-order valence-corrected chi connectivity index (χ0v) is 13.5. The van der Waals surface area contributed by atoms with Gasteiger partial charge in [-0.25, -0.2) is 4.98 Å². The highest BCUT2D eigenvalue weighted by Crippen LogP contribution is 2.28. The molecule has 0 radical (unpaired) electrons.